The highest BCUT2D eigenvalue weighted by Gasteiger charge is 2.14. The van der Waals surface area contributed by atoms with Gasteiger partial charge in [0.2, 0.25) is 5.91 Å². The smallest absolute Gasteiger partial charge is 0.228 e. The molecule has 5 heteroatoms. The quantitative estimate of drug-likeness (QED) is 0.861. The van der Waals surface area contributed by atoms with Crippen LogP contribution in [0.2, 0.25) is 0 Å². The van der Waals surface area contributed by atoms with E-state index >= 15 is 0 Å². The van der Waals surface area contributed by atoms with Gasteiger partial charge in [0.25, 0.3) is 0 Å². The van der Waals surface area contributed by atoms with E-state index in [1.54, 1.807) is 30.5 Å². The Morgan fingerprint density at radius 2 is 1.96 bits per heavy atom. The normalized spacial score (nSPS) is 11.7. The molecule has 0 aliphatic carbocycles. The van der Waals surface area contributed by atoms with E-state index in [-0.39, 0.29) is 17.6 Å². The van der Waals surface area contributed by atoms with Crippen LogP contribution in [0.1, 0.15) is 39.8 Å². The number of carbonyl (C=O) groups is 1. The molecule has 2 N–H and O–H groups in total. The highest BCUT2D eigenvalue weighted by atomic mass is 16.3. The summed E-state index contributed by atoms with van der Waals surface area (Å²) in [6, 6.07) is 6.78. The summed E-state index contributed by atoms with van der Waals surface area (Å²) in [4.78, 5) is 21.1. The highest BCUT2D eigenvalue weighted by molar-refractivity contribution is 5.93. The van der Waals surface area contributed by atoms with Crippen molar-refractivity contribution in [2.24, 2.45) is 5.92 Å². The summed E-state index contributed by atoms with van der Waals surface area (Å²) in [6.45, 7) is 7.79. The number of phenols is 1. The van der Waals surface area contributed by atoms with Crippen molar-refractivity contribution in [1.29, 1.82) is 0 Å². The summed E-state index contributed by atoms with van der Waals surface area (Å²) < 4.78 is 0. The number of nitrogens with one attached hydrogen (secondary N) is 1. The van der Waals surface area contributed by atoms with Crippen molar-refractivity contribution in [1.82, 2.24) is 9.97 Å². The fourth-order valence-corrected chi connectivity index (χ4v) is 2.07. The third-order valence-electron chi connectivity index (χ3n) is 3.69. The Balaban J connectivity index is 2.40. The van der Waals surface area contributed by atoms with Crippen molar-refractivity contribution in [2.75, 3.05) is 5.32 Å². The zero-order valence-corrected chi connectivity index (χ0v) is 14.5. The number of rotatable bonds is 5. The molecule has 0 spiro atoms. The van der Waals surface area contributed by atoms with Gasteiger partial charge in [-0.1, -0.05) is 19.4 Å². The molecule has 1 atom stereocenters. The average molecular weight is 325 g/mol. The van der Waals surface area contributed by atoms with Gasteiger partial charge < -0.3 is 10.4 Å². The first-order valence-corrected chi connectivity index (χ1v) is 8.03. The molecule has 0 saturated heterocycles. The molecule has 24 heavy (non-hydrogen) atoms. The summed E-state index contributed by atoms with van der Waals surface area (Å²) in [7, 11) is 0. The largest absolute Gasteiger partial charge is 0.508 e. The van der Waals surface area contributed by atoms with E-state index in [0.717, 1.165) is 17.6 Å². The molecule has 0 aliphatic rings. The Bertz CT molecular complexity index is 748. The van der Waals surface area contributed by atoms with Crippen LogP contribution in [0.3, 0.4) is 0 Å². The van der Waals surface area contributed by atoms with Gasteiger partial charge in [0.15, 0.2) is 5.82 Å². The Morgan fingerprint density at radius 1 is 1.29 bits per heavy atom. The maximum absolute atomic E-state index is 12.1. The summed E-state index contributed by atoms with van der Waals surface area (Å²) >= 11 is 0. The zero-order chi connectivity index (χ0) is 17.7. The van der Waals surface area contributed by atoms with Crippen LogP contribution in [0.25, 0.3) is 17.3 Å². The number of aromatic hydroxyl groups is 1. The Hall–Kier alpha value is -2.69. The fraction of sp³-hybridized carbons (Fsp3) is 0.316. The summed E-state index contributed by atoms with van der Waals surface area (Å²) in [5.41, 5.74) is 3.22. The van der Waals surface area contributed by atoms with Crippen molar-refractivity contribution in [2.45, 2.75) is 34.1 Å². The second-order valence-corrected chi connectivity index (χ2v) is 6.06. The monoisotopic (exact) mass is 325 g/mol. The number of phenolic OH excluding ortho intramolecular Hbond substituents is 1. The van der Waals surface area contributed by atoms with Crippen LogP contribution >= 0.6 is 0 Å². The van der Waals surface area contributed by atoms with E-state index in [1.165, 1.54) is 0 Å². The van der Waals surface area contributed by atoms with E-state index in [2.05, 4.69) is 15.3 Å². The van der Waals surface area contributed by atoms with Gasteiger partial charge in [0, 0.05) is 11.5 Å². The third-order valence-corrected chi connectivity index (χ3v) is 3.69. The van der Waals surface area contributed by atoms with Crippen molar-refractivity contribution < 1.29 is 9.90 Å². The lowest BCUT2D eigenvalue weighted by molar-refractivity contribution is -0.119. The van der Waals surface area contributed by atoms with Crippen LogP contribution in [0, 0.1) is 5.92 Å². The number of carbonyl (C=O) groups excluding carboxylic acids is 1. The predicted octanol–water partition coefficient (Wildman–Crippen LogP) is 4.26. The van der Waals surface area contributed by atoms with E-state index < -0.39 is 0 Å². The number of benzene rings is 1. The molecule has 5 nitrogen and oxygen atoms in total. The predicted molar refractivity (Wildman–Crippen MR) is 96.5 cm³/mol. The molecule has 0 aliphatic heterocycles. The lowest BCUT2D eigenvalue weighted by Gasteiger charge is -2.12. The van der Waals surface area contributed by atoms with Gasteiger partial charge in [-0.05, 0) is 50.6 Å². The number of anilines is 1. The first-order valence-electron chi connectivity index (χ1n) is 8.03. The van der Waals surface area contributed by atoms with Crippen LogP contribution in [0.15, 0.2) is 36.0 Å². The maximum Gasteiger partial charge on any atom is 0.228 e. The summed E-state index contributed by atoms with van der Waals surface area (Å²) in [6.07, 6.45) is 4.28. The van der Waals surface area contributed by atoms with Crippen molar-refractivity contribution >= 4 is 17.8 Å². The Kier molecular flexibility index (Phi) is 5.68. The molecule has 1 aromatic heterocycles. The lowest BCUT2D eigenvalue weighted by atomic mass is 10.1. The third kappa shape index (κ3) is 4.41. The van der Waals surface area contributed by atoms with E-state index in [4.69, 9.17) is 0 Å². The van der Waals surface area contributed by atoms with E-state index in [9.17, 15) is 9.90 Å². The first kappa shape index (κ1) is 17.7. The fourth-order valence-electron chi connectivity index (χ4n) is 2.07. The first-order chi connectivity index (χ1) is 11.4. The number of amides is 1. The van der Waals surface area contributed by atoms with Crippen molar-refractivity contribution in [3.05, 3.63) is 41.7 Å². The molecular weight excluding hydrogens is 302 g/mol. The molecule has 0 saturated carbocycles. The second-order valence-electron chi connectivity index (χ2n) is 6.06. The van der Waals surface area contributed by atoms with Crippen LogP contribution < -0.4 is 5.32 Å². The van der Waals surface area contributed by atoms with Gasteiger partial charge in [0.05, 0.1) is 11.9 Å². The number of hydrogen-bond donors (Lipinski definition) is 2. The SMILES string of the molecule is CCC(C)C(=O)Nc1ncc(-c2ccc(O)cc2)nc1C=C(C)C. The van der Waals surface area contributed by atoms with Crippen molar-refractivity contribution in [3.63, 3.8) is 0 Å². The second kappa shape index (κ2) is 7.73. The minimum atomic E-state index is -0.0804. The van der Waals surface area contributed by atoms with Gasteiger partial charge in [-0.15, -0.1) is 0 Å². The molecule has 126 valence electrons. The minimum Gasteiger partial charge on any atom is -0.508 e. The van der Waals surface area contributed by atoms with Crippen LogP contribution in [0.4, 0.5) is 5.82 Å². The Morgan fingerprint density at radius 3 is 2.54 bits per heavy atom. The number of nitrogens with zero attached hydrogens (tertiary/aromatic N) is 2. The van der Waals surface area contributed by atoms with Crippen molar-refractivity contribution in [3.8, 4) is 17.0 Å². The van der Waals surface area contributed by atoms with Crippen LogP contribution in [-0.4, -0.2) is 21.0 Å². The Labute approximate surface area is 142 Å². The standard InChI is InChI=1S/C19H23N3O2/c1-5-13(4)19(24)22-18-16(10-12(2)3)21-17(11-20-18)14-6-8-15(23)9-7-14/h6-11,13,23H,5H2,1-4H3,(H,20,22,24). The molecule has 0 radical (unpaired) electrons. The molecule has 1 unspecified atom stereocenters. The highest BCUT2D eigenvalue weighted by Crippen LogP contribution is 2.23. The minimum absolute atomic E-state index is 0.0624. The molecule has 1 heterocycles. The lowest BCUT2D eigenvalue weighted by Crippen LogP contribution is -2.21. The van der Waals surface area contributed by atoms with E-state index in [1.807, 2.05) is 33.8 Å². The van der Waals surface area contributed by atoms with Gasteiger partial charge in [0.1, 0.15) is 11.4 Å². The number of allylic oxidation sites excluding steroid dienone is 1. The topological polar surface area (TPSA) is 75.1 Å². The molecule has 0 bridgehead atoms. The van der Waals surface area contributed by atoms with Crippen LogP contribution in [-0.2, 0) is 4.79 Å². The van der Waals surface area contributed by atoms with Gasteiger partial charge in [-0.3, -0.25) is 4.79 Å². The maximum atomic E-state index is 12.1. The molecule has 1 aromatic carbocycles. The van der Waals surface area contributed by atoms with Crippen LogP contribution in [0.5, 0.6) is 5.75 Å². The summed E-state index contributed by atoms with van der Waals surface area (Å²) in [5.74, 6) is 0.522. The van der Waals surface area contributed by atoms with Gasteiger partial charge >= 0.3 is 0 Å². The summed E-state index contributed by atoms with van der Waals surface area (Å²) in [5, 5.41) is 12.3. The van der Waals surface area contributed by atoms with Gasteiger partial charge in [-0.2, -0.15) is 0 Å². The molecule has 1 amide bonds. The van der Waals surface area contributed by atoms with Gasteiger partial charge in [-0.25, -0.2) is 9.97 Å². The average Bonchev–Trinajstić information content (AvgIpc) is 2.55. The van der Waals surface area contributed by atoms with E-state index in [0.29, 0.717) is 17.2 Å². The number of aromatic nitrogens is 2. The molecule has 2 rings (SSSR count). The molecule has 2 aromatic rings. The number of hydrogen-bond acceptors (Lipinski definition) is 4. The molecular formula is C19H23N3O2. The zero-order valence-electron chi connectivity index (χ0n) is 14.5. The molecule has 0 fully saturated rings.